The average Bonchev–Trinajstić information content (AvgIpc) is 3.48. The summed E-state index contributed by atoms with van der Waals surface area (Å²) in [5, 5.41) is 37.8. The molecule has 5 N–H and O–H groups in total. The summed E-state index contributed by atoms with van der Waals surface area (Å²) in [6.07, 6.45) is 0. The van der Waals surface area contributed by atoms with Crippen molar-refractivity contribution in [3.8, 4) is 0 Å². The second-order valence-corrected chi connectivity index (χ2v) is 10.9. The summed E-state index contributed by atoms with van der Waals surface area (Å²) in [6, 6.07) is -0.989. The Labute approximate surface area is 216 Å². The Morgan fingerprint density at radius 2 is 2.19 bits per heavy atom. The number of nitrogens with two attached hydrogens (primary N) is 1. The smallest absolute Gasteiger partial charge is 0.352 e. The number of fused-ring (bicyclic) bond motifs is 1. The Kier molecular flexibility index (Phi) is 7.76. The fraction of sp³-hybridized carbons (Fsp3) is 0.444. The van der Waals surface area contributed by atoms with E-state index in [-0.39, 0.29) is 22.3 Å². The zero-order chi connectivity index (χ0) is 26.0. The highest BCUT2D eigenvalue weighted by atomic mass is 32.2. The van der Waals surface area contributed by atoms with E-state index in [1.807, 2.05) is 19.0 Å². The van der Waals surface area contributed by atoms with E-state index in [4.69, 9.17) is 5.73 Å². The molecule has 1 fully saturated rings. The molecule has 2 aromatic rings. The Morgan fingerprint density at radius 3 is 2.83 bits per heavy atom. The Morgan fingerprint density at radius 1 is 1.42 bits per heavy atom. The van der Waals surface area contributed by atoms with Crippen LogP contribution in [0.1, 0.15) is 5.69 Å². The highest BCUT2D eigenvalue weighted by molar-refractivity contribution is 8.01. The zero-order valence-electron chi connectivity index (χ0n) is 19.1. The molecular weight excluding hydrogens is 532 g/mol. The van der Waals surface area contributed by atoms with Gasteiger partial charge in [0.1, 0.15) is 22.8 Å². The van der Waals surface area contributed by atoms with Crippen LogP contribution in [0.15, 0.2) is 27.0 Å². The van der Waals surface area contributed by atoms with Gasteiger partial charge >= 0.3 is 5.97 Å². The molecule has 36 heavy (non-hydrogen) atoms. The minimum absolute atomic E-state index is 0.0655. The highest BCUT2D eigenvalue weighted by Crippen LogP contribution is 2.41. The lowest BCUT2D eigenvalue weighted by molar-refractivity contribution is -0.150. The lowest BCUT2D eigenvalue weighted by atomic mass is 10.0. The third kappa shape index (κ3) is 5.15. The molecule has 0 bridgehead atoms. The largest absolute Gasteiger partial charge is 0.477 e. The van der Waals surface area contributed by atoms with Crippen molar-refractivity contribution in [2.75, 3.05) is 37.9 Å². The standard InChI is InChI=1S/C18H22N10O5S3/c1-26(2)3-4-27-18(22-24-25-27)36-6-8-5-34-15-11(14(30)28(15)12(8)16(31)32)21-13(29)10(23-33)9-7-35-17(19)20-9/h7,11,15,33H,3-6H2,1-2H3,(H2,19,20)(H,21,29)(H,31,32)/t11?,15-/m0/s1. The summed E-state index contributed by atoms with van der Waals surface area (Å²) in [5.41, 5.74) is 5.67. The number of hydrogen-bond acceptors (Lipinski definition) is 14. The van der Waals surface area contributed by atoms with Crippen LogP contribution < -0.4 is 11.1 Å². The van der Waals surface area contributed by atoms with Crippen molar-refractivity contribution in [2.45, 2.75) is 23.1 Å². The Bertz CT molecular complexity index is 1240. The van der Waals surface area contributed by atoms with Gasteiger partial charge in [-0.1, -0.05) is 16.9 Å². The van der Waals surface area contributed by atoms with Gasteiger partial charge in [0.25, 0.3) is 11.8 Å². The molecule has 2 aromatic heterocycles. The third-order valence-corrected chi connectivity index (χ3v) is 8.31. The number of aromatic nitrogens is 5. The second kappa shape index (κ2) is 10.8. The maximum absolute atomic E-state index is 12.9. The number of carbonyl (C=O) groups excluding carboxylic acids is 2. The van der Waals surface area contributed by atoms with Crippen molar-refractivity contribution in [1.82, 2.24) is 40.3 Å². The van der Waals surface area contributed by atoms with Crippen LogP contribution in [0.2, 0.25) is 0 Å². The number of likely N-dealkylation sites (N-methyl/N-ethyl adjacent to an activating group) is 1. The molecule has 1 saturated heterocycles. The number of thiazole rings is 1. The summed E-state index contributed by atoms with van der Waals surface area (Å²) in [4.78, 5) is 44.7. The van der Waals surface area contributed by atoms with Crippen LogP contribution in [0.3, 0.4) is 0 Å². The summed E-state index contributed by atoms with van der Waals surface area (Å²) < 4.78 is 1.64. The van der Waals surface area contributed by atoms with Gasteiger partial charge in [0.05, 0.1) is 6.54 Å². The topological polar surface area (TPSA) is 205 Å². The number of carbonyl (C=O) groups is 3. The summed E-state index contributed by atoms with van der Waals surface area (Å²) >= 11 is 3.67. The lowest BCUT2D eigenvalue weighted by Gasteiger charge is -2.49. The van der Waals surface area contributed by atoms with Gasteiger partial charge in [-0.3, -0.25) is 14.5 Å². The number of aliphatic carboxylic acids is 1. The molecule has 4 rings (SSSR count). The van der Waals surface area contributed by atoms with Crippen LogP contribution in [-0.4, -0.2) is 112 Å². The normalized spacial score (nSPS) is 19.9. The van der Waals surface area contributed by atoms with E-state index >= 15 is 0 Å². The molecule has 1 unspecified atom stereocenters. The van der Waals surface area contributed by atoms with Gasteiger partial charge in [-0.25, -0.2) is 14.5 Å². The molecule has 2 aliphatic heterocycles. The number of amides is 2. The summed E-state index contributed by atoms with van der Waals surface area (Å²) in [6.45, 7) is 1.30. The molecular formula is C18H22N10O5S3. The maximum Gasteiger partial charge on any atom is 0.352 e. The van der Waals surface area contributed by atoms with E-state index in [1.54, 1.807) is 4.68 Å². The van der Waals surface area contributed by atoms with Gasteiger partial charge in [0, 0.05) is 23.4 Å². The van der Waals surface area contributed by atoms with Gasteiger partial charge < -0.3 is 26.3 Å². The van der Waals surface area contributed by atoms with Crippen molar-refractivity contribution >= 4 is 63.5 Å². The van der Waals surface area contributed by atoms with Crippen molar-refractivity contribution in [3.63, 3.8) is 0 Å². The highest BCUT2D eigenvalue weighted by Gasteiger charge is 2.54. The molecule has 192 valence electrons. The number of nitrogens with zero attached hydrogens (tertiary/aromatic N) is 8. The molecule has 0 aliphatic carbocycles. The van der Waals surface area contributed by atoms with Crippen molar-refractivity contribution in [3.05, 3.63) is 22.3 Å². The molecule has 0 aromatic carbocycles. The molecule has 18 heteroatoms. The first-order chi connectivity index (χ1) is 17.2. The Hall–Kier alpha value is -3.22. The number of tetrazole rings is 1. The fourth-order valence-corrected chi connectivity index (χ4v) is 6.44. The van der Waals surface area contributed by atoms with Crippen LogP contribution in [0.4, 0.5) is 5.13 Å². The molecule has 2 aliphatic rings. The first-order valence-corrected chi connectivity index (χ1v) is 13.3. The molecule has 0 saturated carbocycles. The number of carboxylic acids is 1. The van der Waals surface area contributed by atoms with Crippen LogP contribution in [0, 0.1) is 0 Å². The predicted molar refractivity (Wildman–Crippen MR) is 132 cm³/mol. The van der Waals surface area contributed by atoms with Crippen molar-refractivity contribution < 1.29 is 24.7 Å². The lowest BCUT2D eigenvalue weighted by Crippen LogP contribution is -2.71. The van der Waals surface area contributed by atoms with E-state index in [9.17, 15) is 24.7 Å². The van der Waals surface area contributed by atoms with E-state index < -0.39 is 34.9 Å². The van der Waals surface area contributed by atoms with E-state index in [0.717, 1.165) is 17.9 Å². The number of rotatable bonds is 10. The van der Waals surface area contributed by atoms with E-state index in [0.29, 0.717) is 23.0 Å². The summed E-state index contributed by atoms with van der Waals surface area (Å²) in [5.74, 6) is -2.04. The van der Waals surface area contributed by atoms with Gasteiger partial charge in [-0.15, -0.1) is 28.2 Å². The predicted octanol–water partition coefficient (Wildman–Crippen LogP) is -1.02. The minimum atomic E-state index is -1.24. The third-order valence-electron chi connectivity index (χ3n) is 5.25. The van der Waals surface area contributed by atoms with Crippen LogP contribution in [0.5, 0.6) is 0 Å². The Balaban J connectivity index is 1.45. The number of hydrogen-bond donors (Lipinski definition) is 4. The van der Waals surface area contributed by atoms with Crippen molar-refractivity contribution in [1.29, 1.82) is 0 Å². The zero-order valence-corrected chi connectivity index (χ0v) is 21.5. The van der Waals surface area contributed by atoms with E-state index in [1.165, 1.54) is 33.8 Å². The number of nitrogens with one attached hydrogen (secondary N) is 1. The van der Waals surface area contributed by atoms with Gasteiger partial charge in [0.15, 0.2) is 10.8 Å². The van der Waals surface area contributed by atoms with Crippen LogP contribution >= 0.6 is 34.9 Å². The minimum Gasteiger partial charge on any atom is -0.477 e. The van der Waals surface area contributed by atoms with E-state index in [2.05, 4.69) is 31.0 Å². The molecule has 2 amide bonds. The maximum atomic E-state index is 12.9. The molecule has 0 spiro atoms. The first kappa shape index (κ1) is 25.9. The first-order valence-electron chi connectivity index (χ1n) is 10.4. The molecule has 4 heterocycles. The monoisotopic (exact) mass is 554 g/mol. The van der Waals surface area contributed by atoms with Crippen LogP contribution in [0.25, 0.3) is 0 Å². The molecule has 15 nitrogen and oxygen atoms in total. The average molecular weight is 555 g/mol. The van der Waals surface area contributed by atoms with Gasteiger partial charge in [-0.2, -0.15) is 0 Å². The number of nitrogen functional groups attached to an aromatic ring is 1. The van der Waals surface area contributed by atoms with Crippen LogP contribution in [-0.2, 0) is 20.9 Å². The van der Waals surface area contributed by atoms with Gasteiger partial charge in [0.2, 0.25) is 5.16 Å². The molecule has 0 radical (unpaired) electrons. The second-order valence-electron chi connectivity index (χ2n) is 7.91. The number of β-lactam (4-membered cyclic amide) rings is 1. The number of oxime groups is 1. The SMILES string of the molecule is CN(C)CCn1nnnc1SCC1=C(C(=O)O)N2C(=O)C(NC(=O)C(=NO)c3csc(N)n3)[C@@H]2SC1. The van der Waals surface area contributed by atoms with Gasteiger partial charge in [-0.05, 0) is 30.1 Å². The number of carboxylic acid groups (broad SMARTS) is 1. The summed E-state index contributed by atoms with van der Waals surface area (Å²) in [7, 11) is 3.87. The number of thioether (sulfide) groups is 2. The quantitative estimate of drug-likeness (QED) is 0.0914. The van der Waals surface area contributed by atoms with Crippen molar-refractivity contribution in [2.24, 2.45) is 5.16 Å². The number of anilines is 1. The fourth-order valence-electron chi connectivity index (χ4n) is 3.50. The molecule has 2 atom stereocenters.